The summed E-state index contributed by atoms with van der Waals surface area (Å²) in [4.78, 5) is 7.74. The third-order valence-electron chi connectivity index (χ3n) is 1.72. The second-order valence-corrected chi connectivity index (χ2v) is 3.31. The molecule has 0 fully saturated rings. The lowest BCUT2D eigenvalue weighted by Gasteiger charge is -2.07. The molecular weight excluding hydrogens is 216 g/mol. The molecule has 6 heteroatoms. The minimum Gasteiger partial charge on any atom is -0.382 e. The molecule has 0 saturated heterocycles. The van der Waals surface area contributed by atoms with Crippen molar-refractivity contribution in [3.8, 4) is 0 Å². The molecule has 0 aliphatic carbocycles. The van der Waals surface area contributed by atoms with Gasteiger partial charge >= 0.3 is 0 Å². The normalized spacial score (nSPS) is 10.3. The summed E-state index contributed by atoms with van der Waals surface area (Å²) in [7, 11) is 0. The SMILES string of the molecule is CCOCCCNc1nc(N)ncc1Cl. The van der Waals surface area contributed by atoms with E-state index in [4.69, 9.17) is 22.1 Å². The van der Waals surface area contributed by atoms with E-state index in [0.717, 1.165) is 26.2 Å². The minimum absolute atomic E-state index is 0.215. The van der Waals surface area contributed by atoms with E-state index in [1.54, 1.807) is 0 Å². The zero-order valence-electron chi connectivity index (χ0n) is 8.66. The molecule has 0 aromatic carbocycles. The van der Waals surface area contributed by atoms with E-state index in [1.807, 2.05) is 6.92 Å². The Labute approximate surface area is 94.0 Å². The third kappa shape index (κ3) is 4.31. The Bertz CT molecular complexity index is 308. The van der Waals surface area contributed by atoms with Crippen LogP contribution < -0.4 is 11.1 Å². The van der Waals surface area contributed by atoms with E-state index >= 15 is 0 Å². The number of nitrogens with two attached hydrogens (primary N) is 1. The minimum atomic E-state index is 0.215. The van der Waals surface area contributed by atoms with E-state index in [9.17, 15) is 0 Å². The van der Waals surface area contributed by atoms with Crippen molar-refractivity contribution in [3.05, 3.63) is 11.2 Å². The Kier molecular flexibility index (Phi) is 5.14. The Morgan fingerprint density at radius 1 is 1.60 bits per heavy atom. The zero-order chi connectivity index (χ0) is 11.1. The quantitative estimate of drug-likeness (QED) is 0.726. The van der Waals surface area contributed by atoms with Gasteiger partial charge in [-0.25, -0.2) is 4.98 Å². The maximum Gasteiger partial charge on any atom is 0.222 e. The number of aromatic nitrogens is 2. The number of ether oxygens (including phenoxy) is 1. The number of halogens is 1. The van der Waals surface area contributed by atoms with Crippen LogP contribution in [0.25, 0.3) is 0 Å². The lowest BCUT2D eigenvalue weighted by atomic mass is 10.4. The molecule has 1 aromatic heterocycles. The van der Waals surface area contributed by atoms with E-state index in [0.29, 0.717) is 10.8 Å². The highest BCUT2D eigenvalue weighted by Gasteiger charge is 2.02. The Morgan fingerprint density at radius 2 is 2.40 bits per heavy atom. The van der Waals surface area contributed by atoms with Crippen LogP contribution in [0.5, 0.6) is 0 Å². The topological polar surface area (TPSA) is 73.1 Å². The second-order valence-electron chi connectivity index (χ2n) is 2.90. The predicted octanol–water partition coefficient (Wildman–Crippen LogP) is 1.55. The number of anilines is 2. The molecule has 0 radical (unpaired) electrons. The van der Waals surface area contributed by atoms with Gasteiger partial charge in [-0.2, -0.15) is 4.98 Å². The van der Waals surface area contributed by atoms with Crippen molar-refractivity contribution >= 4 is 23.4 Å². The smallest absolute Gasteiger partial charge is 0.222 e. The Morgan fingerprint density at radius 3 is 3.13 bits per heavy atom. The van der Waals surface area contributed by atoms with Crippen LogP contribution in [-0.4, -0.2) is 29.7 Å². The summed E-state index contributed by atoms with van der Waals surface area (Å²) in [6.45, 7) is 4.18. The van der Waals surface area contributed by atoms with Crippen LogP contribution in [0.2, 0.25) is 5.02 Å². The van der Waals surface area contributed by atoms with Gasteiger partial charge in [0.2, 0.25) is 5.95 Å². The lowest BCUT2D eigenvalue weighted by Crippen LogP contribution is -2.08. The molecular formula is C9H15ClN4O. The highest BCUT2D eigenvalue weighted by atomic mass is 35.5. The van der Waals surface area contributed by atoms with Crippen LogP contribution in [0.4, 0.5) is 11.8 Å². The van der Waals surface area contributed by atoms with Crippen LogP contribution in [0.1, 0.15) is 13.3 Å². The number of rotatable bonds is 6. The molecule has 0 saturated carbocycles. The summed E-state index contributed by atoms with van der Waals surface area (Å²) in [5, 5.41) is 3.54. The van der Waals surface area contributed by atoms with E-state index in [2.05, 4.69) is 15.3 Å². The molecule has 0 amide bonds. The molecule has 3 N–H and O–H groups in total. The molecule has 1 rings (SSSR count). The fourth-order valence-electron chi connectivity index (χ4n) is 1.03. The third-order valence-corrected chi connectivity index (χ3v) is 2.00. The molecule has 0 atom stereocenters. The predicted molar refractivity (Wildman–Crippen MR) is 61.1 cm³/mol. The molecule has 5 nitrogen and oxygen atoms in total. The molecule has 0 aliphatic rings. The molecule has 1 aromatic rings. The average molecular weight is 231 g/mol. The number of hydrogen-bond acceptors (Lipinski definition) is 5. The fraction of sp³-hybridized carbons (Fsp3) is 0.556. The first-order chi connectivity index (χ1) is 7.24. The standard InChI is InChI=1S/C9H15ClN4O/c1-2-15-5-3-4-12-8-7(10)6-13-9(11)14-8/h6H,2-5H2,1H3,(H3,11,12,13,14). The molecule has 0 aliphatic heterocycles. The fourth-order valence-corrected chi connectivity index (χ4v) is 1.19. The number of nitrogens with zero attached hydrogens (tertiary/aromatic N) is 2. The van der Waals surface area contributed by atoms with Gasteiger partial charge in [-0.3, -0.25) is 0 Å². The average Bonchev–Trinajstić information content (AvgIpc) is 2.23. The van der Waals surface area contributed by atoms with Gasteiger partial charge in [0, 0.05) is 19.8 Å². The van der Waals surface area contributed by atoms with Gasteiger partial charge in [0.25, 0.3) is 0 Å². The number of hydrogen-bond donors (Lipinski definition) is 2. The highest BCUT2D eigenvalue weighted by molar-refractivity contribution is 6.32. The van der Waals surface area contributed by atoms with E-state index < -0.39 is 0 Å². The maximum atomic E-state index is 5.86. The summed E-state index contributed by atoms with van der Waals surface area (Å²) in [5.74, 6) is 0.785. The van der Waals surface area contributed by atoms with Crippen LogP contribution >= 0.6 is 11.6 Å². The summed E-state index contributed by atoms with van der Waals surface area (Å²) >= 11 is 5.86. The summed E-state index contributed by atoms with van der Waals surface area (Å²) < 4.78 is 5.19. The van der Waals surface area contributed by atoms with Crippen molar-refractivity contribution in [1.29, 1.82) is 0 Å². The molecule has 1 heterocycles. The van der Waals surface area contributed by atoms with Crippen molar-refractivity contribution in [3.63, 3.8) is 0 Å². The maximum absolute atomic E-state index is 5.86. The zero-order valence-corrected chi connectivity index (χ0v) is 9.42. The van der Waals surface area contributed by atoms with Gasteiger partial charge in [0.05, 0.1) is 6.20 Å². The van der Waals surface area contributed by atoms with Crippen molar-refractivity contribution in [1.82, 2.24) is 9.97 Å². The number of nitrogen functional groups attached to an aromatic ring is 1. The van der Waals surface area contributed by atoms with Gasteiger partial charge in [-0.15, -0.1) is 0 Å². The first-order valence-corrected chi connectivity index (χ1v) is 5.21. The van der Waals surface area contributed by atoms with Gasteiger partial charge in [0.15, 0.2) is 0 Å². The first kappa shape index (κ1) is 12.0. The monoisotopic (exact) mass is 230 g/mol. The molecule has 15 heavy (non-hydrogen) atoms. The van der Waals surface area contributed by atoms with Crippen LogP contribution in [0.3, 0.4) is 0 Å². The molecule has 0 spiro atoms. The van der Waals surface area contributed by atoms with Crippen LogP contribution in [0.15, 0.2) is 6.20 Å². The summed E-state index contributed by atoms with van der Waals surface area (Å²) in [6.07, 6.45) is 2.38. The van der Waals surface area contributed by atoms with Gasteiger partial charge in [-0.1, -0.05) is 11.6 Å². The Balaban J connectivity index is 2.33. The van der Waals surface area contributed by atoms with Crippen molar-refractivity contribution < 1.29 is 4.74 Å². The molecule has 0 unspecified atom stereocenters. The van der Waals surface area contributed by atoms with E-state index in [-0.39, 0.29) is 5.95 Å². The summed E-state index contributed by atoms with van der Waals surface area (Å²) in [6, 6.07) is 0. The highest BCUT2D eigenvalue weighted by Crippen LogP contribution is 2.17. The molecule has 84 valence electrons. The first-order valence-electron chi connectivity index (χ1n) is 4.83. The van der Waals surface area contributed by atoms with Gasteiger partial charge < -0.3 is 15.8 Å². The van der Waals surface area contributed by atoms with Gasteiger partial charge in [0.1, 0.15) is 10.8 Å². The van der Waals surface area contributed by atoms with Gasteiger partial charge in [-0.05, 0) is 13.3 Å². The Hall–Kier alpha value is -1.07. The van der Waals surface area contributed by atoms with Crippen molar-refractivity contribution in [2.45, 2.75) is 13.3 Å². The number of nitrogens with one attached hydrogen (secondary N) is 1. The second kappa shape index (κ2) is 6.42. The molecule has 0 bridgehead atoms. The lowest BCUT2D eigenvalue weighted by molar-refractivity contribution is 0.147. The largest absolute Gasteiger partial charge is 0.382 e. The van der Waals surface area contributed by atoms with Crippen molar-refractivity contribution in [2.24, 2.45) is 0 Å². The van der Waals surface area contributed by atoms with E-state index in [1.165, 1.54) is 6.20 Å². The van der Waals surface area contributed by atoms with Crippen LogP contribution in [-0.2, 0) is 4.74 Å². The van der Waals surface area contributed by atoms with Crippen molar-refractivity contribution in [2.75, 3.05) is 30.8 Å². The summed E-state index contributed by atoms with van der Waals surface area (Å²) in [5.41, 5.74) is 5.43. The van der Waals surface area contributed by atoms with Crippen LogP contribution in [0, 0.1) is 0 Å².